The van der Waals surface area contributed by atoms with Crippen molar-refractivity contribution in [2.24, 2.45) is 0 Å². The van der Waals surface area contributed by atoms with Crippen LogP contribution in [-0.4, -0.2) is 57.1 Å². The van der Waals surface area contributed by atoms with E-state index in [1.165, 1.54) is 6.33 Å². The number of benzene rings is 2. The Balaban J connectivity index is 1.21. The van der Waals surface area contributed by atoms with E-state index < -0.39 is 0 Å². The first-order valence-corrected chi connectivity index (χ1v) is 13.5. The normalized spacial score (nSPS) is 14.9. The molecule has 10 heteroatoms. The summed E-state index contributed by atoms with van der Waals surface area (Å²) in [5.74, 6) is 2.79. The number of carbonyl (C=O) groups excluding carboxylic acids is 1. The van der Waals surface area contributed by atoms with Crippen molar-refractivity contribution in [1.82, 2.24) is 19.9 Å². The number of nitrogens with zero attached hydrogens (tertiary/aromatic N) is 4. The summed E-state index contributed by atoms with van der Waals surface area (Å²) in [6.07, 6.45) is 8.20. The zero-order valence-corrected chi connectivity index (χ0v) is 22.5. The number of hydrogen-bond donors (Lipinski definition) is 4. The molecule has 0 saturated carbocycles. The number of rotatable bonds is 10. The maximum absolute atomic E-state index is 12.8. The first-order chi connectivity index (χ1) is 20.1. The van der Waals surface area contributed by atoms with E-state index in [0.717, 1.165) is 24.4 Å². The van der Waals surface area contributed by atoms with Gasteiger partial charge in [0, 0.05) is 43.5 Å². The number of ether oxygens (including phenoxy) is 1. The smallest absolute Gasteiger partial charge is 0.246 e. The third kappa shape index (κ3) is 7.24. The average Bonchev–Trinajstić information content (AvgIpc) is 3.01. The number of amides is 1. The zero-order chi connectivity index (χ0) is 28.4. The van der Waals surface area contributed by atoms with E-state index in [-0.39, 0.29) is 23.5 Å². The fourth-order valence-electron chi connectivity index (χ4n) is 4.60. The molecule has 4 aromatic rings. The van der Waals surface area contributed by atoms with Crippen LogP contribution < -0.4 is 21.1 Å². The third-order valence-electron chi connectivity index (χ3n) is 6.65. The molecule has 0 radical (unpaired) electrons. The zero-order valence-electron chi connectivity index (χ0n) is 22.5. The van der Waals surface area contributed by atoms with Crippen LogP contribution in [0, 0.1) is 5.41 Å². The molecule has 1 amide bonds. The van der Waals surface area contributed by atoms with Gasteiger partial charge in [-0.3, -0.25) is 10.2 Å². The van der Waals surface area contributed by atoms with Gasteiger partial charge in [-0.15, -0.1) is 0 Å². The number of piperidine rings is 1. The molecule has 3 heterocycles. The molecule has 0 aliphatic carbocycles. The van der Waals surface area contributed by atoms with Crippen LogP contribution >= 0.6 is 0 Å². The summed E-state index contributed by atoms with van der Waals surface area (Å²) in [4.78, 5) is 27.4. The Morgan fingerprint density at radius 2 is 1.80 bits per heavy atom. The lowest BCUT2D eigenvalue weighted by Crippen LogP contribution is -2.44. The number of nitrogens with two attached hydrogens (primary N) is 1. The minimum Gasteiger partial charge on any atom is -0.457 e. The van der Waals surface area contributed by atoms with Crippen molar-refractivity contribution in [2.45, 2.75) is 18.9 Å². The predicted octanol–water partition coefficient (Wildman–Crippen LogP) is 4.73. The molecule has 0 spiro atoms. The van der Waals surface area contributed by atoms with Gasteiger partial charge in [0.15, 0.2) is 0 Å². The molecule has 2 aromatic carbocycles. The molecular formula is C31H32N8O2. The van der Waals surface area contributed by atoms with E-state index in [2.05, 4.69) is 25.6 Å². The second-order valence-electron chi connectivity index (χ2n) is 9.56. The lowest BCUT2D eigenvalue weighted by molar-refractivity contribution is -0.127. The summed E-state index contributed by atoms with van der Waals surface area (Å²) in [7, 11) is 0. The largest absolute Gasteiger partial charge is 0.457 e. The molecule has 2 aromatic heterocycles. The van der Waals surface area contributed by atoms with Crippen LogP contribution in [0.15, 0.2) is 97.5 Å². The highest BCUT2D eigenvalue weighted by Gasteiger charge is 2.25. The molecule has 5 N–H and O–H groups in total. The van der Waals surface area contributed by atoms with Gasteiger partial charge in [-0.25, -0.2) is 15.0 Å². The summed E-state index contributed by atoms with van der Waals surface area (Å²) in [5.41, 5.74) is 7.52. The topological polar surface area (TPSA) is 142 Å². The number of likely N-dealkylation sites (tertiary alicyclic amines) is 1. The van der Waals surface area contributed by atoms with Crippen LogP contribution in [0.25, 0.3) is 0 Å². The lowest BCUT2D eigenvalue weighted by Gasteiger charge is -2.33. The fraction of sp³-hybridized carbons (Fsp3) is 0.194. The SMILES string of the molecule is N=C(c1ccc(Oc2ccccc2)cc1)c1c(N)ncnc1N[C@@H]1CCCN(C(=O)/C=C/CNc2ccccn2)C1. The third-order valence-corrected chi connectivity index (χ3v) is 6.65. The number of anilines is 3. The quantitative estimate of drug-likeness (QED) is 0.165. The molecule has 1 saturated heterocycles. The van der Waals surface area contributed by atoms with Crippen molar-refractivity contribution in [1.29, 1.82) is 5.41 Å². The Bertz CT molecular complexity index is 1490. The van der Waals surface area contributed by atoms with Gasteiger partial charge in [0.1, 0.15) is 35.3 Å². The summed E-state index contributed by atoms with van der Waals surface area (Å²) < 4.78 is 5.87. The number of carbonyl (C=O) groups is 1. The van der Waals surface area contributed by atoms with Crippen LogP contribution in [0.5, 0.6) is 11.5 Å². The molecule has 1 fully saturated rings. The molecule has 1 aliphatic rings. The van der Waals surface area contributed by atoms with E-state index in [9.17, 15) is 4.79 Å². The van der Waals surface area contributed by atoms with E-state index >= 15 is 0 Å². The van der Waals surface area contributed by atoms with Crippen LogP contribution in [0.3, 0.4) is 0 Å². The second kappa shape index (κ2) is 13.2. The van der Waals surface area contributed by atoms with Crippen LogP contribution in [0.2, 0.25) is 0 Å². The highest BCUT2D eigenvalue weighted by atomic mass is 16.5. The van der Waals surface area contributed by atoms with Gasteiger partial charge in [-0.1, -0.05) is 30.3 Å². The standard InChI is InChI=1S/C31H32N8O2/c32-29(22-13-15-25(16-14-22)41-24-9-2-1-3-10-24)28-30(33)36-21-37-31(28)38-23-8-7-19-39(20-23)27(40)12-6-18-35-26-11-4-5-17-34-26/h1-6,9-17,21,23,32H,7-8,18-20H2,(H,34,35)(H3,33,36,37,38)/b12-6+,32-29?/t23-/m1/s1. The minimum absolute atomic E-state index is 0.0461. The molecule has 0 unspecified atom stereocenters. The number of pyridine rings is 1. The molecule has 208 valence electrons. The molecule has 1 atom stereocenters. The van der Waals surface area contributed by atoms with Crippen LogP contribution in [0.4, 0.5) is 17.5 Å². The van der Waals surface area contributed by atoms with Crippen molar-refractivity contribution < 1.29 is 9.53 Å². The van der Waals surface area contributed by atoms with Gasteiger partial charge in [0.2, 0.25) is 5.91 Å². The molecule has 0 bridgehead atoms. The summed E-state index contributed by atoms with van der Waals surface area (Å²) in [6.45, 7) is 1.70. The van der Waals surface area contributed by atoms with Crippen molar-refractivity contribution in [3.8, 4) is 11.5 Å². The predicted molar refractivity (Wildman–Crippen MR) is 160 cm³/mol. The van der Waals surface area contributed by atoms with Crippen molar-refractivity contribution >= 4 is 29.1 Å². The Morgan fingerprint density at radius 1 is 1.02 bits per heavy atom. The lowest BCUT2D eigenvalue weighted by atomic mass is 10.0. The average molecular weight is 549 g/mol. The van der Waals surface area contributed by atoms with Gasteiger partial charge >= 0.3 is 0 Å². The van der Waals surface area contributed by atoms with Crippen molar-refractivity contribution in [2.75, 3.05) is 36.0 Å². The summed E-state index contributed by atoms with van der Waals surface area (Å²) in [6, 6.07) is 22.4. The monoisotopic (exact) mass is 548 g/mol. The van der Waals surface area contributed by atoms with Crippen LogP contribution in [-0.2, 0) is 4.79 Å². The summed E-state index contributed by atoms with van der Waals surface area (Å²) in [5, 5.41) is 15.5. The number of hydrogen-bond acceptors (Lipinski definition) is 9. The minimum atomic E-state index is -0.0488. The molecule has 41 heavy (non-hydrogen) atoms. The van der Waals surface area contributed by atoms with E-state index in [0.29, 0.717) is 42.3 Å². The van der Waals surface area contributed by atoms with Gasteiger partial charge < -0.3 is 26.0 Å². The Labute approximate surface area is 238 Å². The Hall–Kier alpha value is -5.25. The first-order valence-electron chi connectivity index (χ1n) is 13.5. The number of nitrogens with one attached hydrogen (secondary N) is 3. The summed E-state index contributed by atoms with van der Waals surface area (Å²) >= 11 is 0. The maximum atomic E-state index is 12.8. The van der Waals surface area contributed by atoms with E-state index in [4.69, 9.17) is 15.9 Å². The Kier molecular flexibility index (Phi) is 8.80. The van der Waals surface area contributed by atoms with Crippen LogP contribution in [0.1, 0.15) is 24.0 Å². The number of para-hydroxylation sites is 1. The second-order valence-corrected chi connectivity index (χ2v) is 9.56. The van der Waals surface area contributed by atoms with E-state index in [1.807, 2.05) is 77.7 Å². The number of nitrogen functional groups attached to an aromatic ring is 1. The van der Waals surface area contributed by atoms with Gasteiger partial charge in [-0.2, -0.15) is 0 Å². The van der Waals surface area contributed by atoms with Gasteiger partial charge in [-0.05, 0) is 61.4 Å². The van der Waals surface area contributed by atoms with Crippen molar-refractivity contribution in [3.63, 3.8) is 0 Å². The first kappa shape index (κ1) is 27.3. The highest BCUT2D eigenvalue weighted by Crippen LogP contribution is 2.26. The van der Waals surface area contributed by atoms with Gasteiger partial charge in [0.25, 0.3) is 0 Å². The molecule has 5 rings (SSSR count). The molecule has 10 nitrogen and oxygen atoms in total. The Morgan fingerprint density at radius 3 is 2.59 bits per heavy atom. The number of aromatic nitrogens is 3. The highest BCUT2D eigenvalue weighted by molar-refractivity contribution is 6.16. The van der Waals surface area contributed by atoms with Crippen molar-refractivity contribution in [3.05, 3.63) is 109 Å². The van der Waals surface area contributed by atoms with Gasteiger partial charge in [0.05, 0.1) is 11.3 Å². The molecule has 1 aliphatic heterocycles. The fourth-order valence-corrected chi connectivity index (χ4v) is 4.60. The molecular weight excluding hydrogens is 516 g/mol. The van der Waals surface area contributed by atoms with E-state index in [1.54, 1.807) is 18.3 Å². The maximum Gasteiger partial charge on any atom is 0.246 e.